The predicted octanol–water partition coefficient (Wildman–Crippen LogP) is 1.16. The third-order valence-electron chi connectivity index (χ3n) is 2.52. The van der Waals surface area contributed by atoms with Gasteiger partial charge in [0.25, 0.3) is 0 Å². The summed E-state index contributed by atoms with van der Waals surface area (Å²) in [5.41, 5.74) is 1.53. The van der Waals surface area contributed by atoms with Crippen molar-refractivity contribution in [2.24, 2.45) is 13.0 Å². The van der Waals surface area contributed by atoms with E-state index in [9.17, 15) is 4.79 Å². The van der Waals surface area contributed by atoms with Gasteiger partial charge in [-0.1, -0.05) is 0 Å². The van der Waals surface area contributed by atoms with Gasteiger partial charge in [0.2, 0.25) is 0 Å². The van der Waals surface area contributed by atoms with Crippen LogP contribution in [0.15, 0.2) is 6.07 Å². The minimum absolute atomic E-state index is 0.318. The molecule has 1 saturated carbocycles. The summed E-state index contributed by atoms with van der Waals surface area (Å²) < 4.78 is 6.24. The zero-order valence-electron chi connectivity index (χ0n) is 8.49. The Labute approximate surface area is 82.9 Å². The average Bonchev–Trinajstić information content (AvgIpc) is 2.89. The fraction of sp³-hybridized carbons (Fsp3) is 0.600. The number of esters is 1. The molecule has 14 heavy (non-hydrogen) atoms. The Morgan fingerprint density at radius 1 is 1.71 bits per heavy atom. The minimum atomic E-state index is -0.318. The topological polar surface area (TPSA) is 44.1 Å². The van der Waals surface area contributed by atoms with Crippen molar-refractivity contribution in [3.05, 3.63) is 17.5 Å². The zero-order chi connectivity index (χ0) is 10.1. The van der Waals surface area contributed by atoms with Crippen molar-refractivity contribution in [1.29, 1.82) is 0 Å². The van der Waals surface area contributed by atoms with Crippen LogP contribution in [0.25, 0.3) is 0 Å². The molecule has 1 aliphatic carbocycles. The lowest BCUT2D eigenvalue weighted by molar-refractivity contribution is 0.0588. The highest BCUT2D eigenvalue weighted by Crippen LogP contribution is 2.32. The number of aryl methyl sites for hydroxylation is 1. The Kier molecular flexibility index (Phi) is 2.27. The second-order valence-electron chi connectivity index (χ2n) is 3.78. The highest BCUT2D eigenvalue weighted by Gasteiger charge is 2.24. The molecule has 0 N–H and O–H groups in total. The normalized spacial score (nSPS) is 15.6. The quantitative estimate of drug-likeness (QED) is 0.678. The van der Waals surface area contributed by atoms with Crippen molar-refractivity contribution >= 4 is 5.97 Å². The number of nitrogens with zero attached hydrogens (tertiary/aromatic N) is 2. The van der Waals surface area contributed by atoms with Crippen LogP contribution in [0, 0.1) is 5.92 Å². The van der Waals surface area contributed by atoms with E-state index in [1.54, 1.807) is 11.7 Å². The van der Waals surface area contributed by atoms with Gasteiger partial charge in [0.05, 0.1) is 12.8 Å². The summed E-state index contributed by atoms with van der Waals surface area (Å²) in [5.74, 6) is 0.470. The minimum Gasteiger partial charge on any atom is -0.464 e. The number of carbonyl (C=O) groups is 1. The molecule has 0 atom stereocenters. The van der Waals surface area contributed by atoms with Gasteiger partial charge < -0.3 is 4.74 Å². The number of methoxy groups -OCH3 is 1. The molecule has 1 aliphatic rings. The Bertz CT molecular complexity index is 353. The molecule has 0 aromatic carbocycles. The molecular weight excluding hydrogens is 180 g/mol. The van der Waals surface area contributed by atoms with E-state index in [-0.39, 0.29) is 5.97 Å². The smallest absolute Gasteiger partial charge is 0.356 e. The predicted molar refractivity (Wildman–Crippen MR) is 51.0 cm³/mol. The van der Waals surface area contributed by atoms with E-state index in [4.69, 9.17) is 0 Å². The van der Waals surface area contributed by atoms with Crippen LogP contribution in [0.4, 0.5) is 0 Å². The summed E-state index contributed by atoms with van der Waals surface area (Å²) in [5, 5.41) is 4.28. The standard InChI is InChI=1S/C10H14N2O2/c1-12-9(10(13)14-2)6-8(11-12)5-7-3-4-7/h6-7H,3-5H2,1-2H3. The first-order chi connectivity index (χ1) is 6.70. The molecule has 1 aromatic rings. The van der Waals surface area contributed by atoms with Gasteiger partial charge in [0, 0.05) is 7.05 Å². The molecule has 2 rings (SSSR count). The van der Waals surface area contributed by atoms with Gasteiger partial charge in [-0.25, -0.2) is 4.79 Å². The second-order valence-corrected chi connectivity index (χ2v) is 3.78. The number of aromatic nitrogens is 2. The first-order valence-corrected chi connectivity index (χ1v) is 4.82. The summed E-state index contributed by atoms with van der Waals surface area (Å²) in [7, 11) is 3.15. The zero-order valence-corrected chi connectivity index (χ0v) is 8.49. The van der Waals surface area contributed by atoms with Gasteiger partial charge in [-0.3, -0.25) is 4.68 Å². The molecule has 1 aromatic heterocycles. The molecule has 0 bridgehead atoms. The van der Waals surface area contributed by atoms with E-state index in [1.165, 1.54) is 20.0 Å². The maximum absolute atomic E-state index is 11.3. The molecule has 4 heteroatoms. The molecule has 0 radical (unpaired) electrons. The highest BCUT2D eigenvalue weighted by molar-refractivity contribution is 5.87. The van der Waals surface area contributed by atoms with Crippen LogP contribution in [0.3, 0.4) is 0 Å². The van der Waals surface area contributed by atoms with Crippen LogP contribution in [0.2, 0.25) is 0 Å². The van der Waals surface area contributed by atoms with E-state index >= 15 is 0 Å². The first-order valence-electron chi connectivity index (χ1n) is 4.82. The van der Waals surface area contributed by atoms with E-state index < -0.39 is 0 Å². The molecule has 1 heterocycles. The molecular formula is C10H14N2O2. The van der Waals surface area contributed by atoms with Gasteiger partial charge in [0.15, 0.2) is 0 Å². The maximum atomic E-state index is 11.3. The fourth-order valence-corrected chi connectivity index (χ4v) is 1.54. The summed E-state index contributed by atoms with van der Waals surface area (Å²) in [6, 6.07) is 1.82. The van der Waals surface area contributed by atoms with Crippen LogP contribution in [0.5, 0.6) is 0 Å². The number of rotatable bonds is 3. The Morgan fingerprint density at radius 3 is 3.00 bits per heavy atom. The number of carbonyl (C=O) groups excluding carboxylic acids is 1. The van der Waals surface area contributed by atoms with Gasteiger partial charge in [-0.15, -0.1) is 0 Å². The Morgan fingerprint density at radius 2 is 2.43 bits per heavy atom. The first kappa shape index (κ1) is 9.24. The molecule has 0 amide bonds. The van der Waals surface area contributed by atoms with Crippen molar-refractivity contribution in [2.45, 2.75) is 19.3 Å². The van der Waals surface area contributed by atoms with Crippen molar-refractivity contribution in [3.8, 4) is 0 Å². The highest BCUT2D eigenvalue weighted by atomic mass is 16.5. The molecule has 76 valence electrons. The van der Waals surface area contributed by atoms with Crippen LogP contribution in [-0.4, -0.2) is 22.9 Å². The van der Waals surface area contributed by atoms with Gasteiger partial charge in [0.1, 0.15) is 5.69 Å². The third-order valence-corrected chi connectivity index (χ3v) is 2.52. The lowest BCUT2D eigenvalue weighted by atomic mass is 10.2. The monoisotopic (exact) mass is 194 g/mol. The molecule has 0 unspecified atom stereocenters. The molecule has 4 nitrogen and oxygen atoms in total. The molecule has 0 spiro atoms. The lowest BCUT2D eigenvalue weighted by Gasteiger charge is -1.96. The third kappa shape index (κ3) is 1.78. The number of hydrogen-bond donors (Lipinski definition) is 0. The Hall–Kier alpha value is -1.32. The average molecular weight is 194 g/mol. The fourth-order valence-electron chi connectivity index (χ4n) is 1.54. The van der Waals surface area contributed by atoms with Gasteiger partial charge in [-0.2, -0.15) is 5.10 Å². The Balaban J connectivity index is 2.15. The van der Waals surface area contributed by atoms with Crippen molar-refractivity contribution in [1.82, 2.24) is 9.78 Å². The lowest BCUT2D eigenvalue weighted by Crippen LogP contribution is -2.07. The van der Waals surface area contributed by atoms with E-state index in [0.29, 0.717) is 5.69 Å². The summed E-state index contributed by atoms with van der Waals surface area (Å²) >= 11 is 0. The van der Waals surface area contributed by atoms with Crippen molar-refractivity contribution in [2.75, 3.05) is 7.11 Å². The largest absolute Gasteiger partial charge is 0.464 e. The number of hydrogen-bond acceptors (Lipinski definition) is 3. The summed E-state index contributed by atoms with van der Waals surface area (Å²) in [4.78, 5) is 11.3. The second kappa shape index (κ2) is 3.44. The van der Waals surface area contributed by atoms with Gasteiger partial charge >= 0.3 is 5.97 Å². The van der Waals surface area contributed by atoms with Crippen molar-refractivity contribution < 1.29 is 9.53 Å². The SMILES string of the molecule is COC(=O)c1cc(CC2CC2)nn1C. The van der Waals surface area contributed by atoms with E-state index in [2.05, 4.69) is 9.84 Å². The molecule has 0 aliphatic heterocycles. The van der Waals surface area contributed by atoms with Crippen LogP contribution in [0.1, 0.15) is 29.0 Å². The van der Waals surface area contributed by atoms with E-state index in [1.807, 2.05) is 6.07 Å². The van der Waals surface area contributed by atoms with Crippen LogP contribution < -0.4 is 0 Å². The summed E-state index contributed by atoms with van der Waals surface area (Å²) in [6.45, 7) is 0. The number of ether oxygens (including phenoxy) is 1. The maximum Gasteiger partial charge on any atom is 0.356 e. The van der Waals surface area contributed by atoms with Crippen LogP contribution >= 0.6 is 0 Å². The van der Waals surface area contributed by atoms with E-state index in [0.717, 1.165) is 18.0 Å². The van der Waals surface area contributed by atoms with Gasteiger partial charge in [-0.05, 0) is 31.2 Å². The summed E-state index contributed by atoms with van der Waals surface area (Å²) in [6.07, 6.45) is 3.58. The van der Waals surface area contributed by atoms with Crippen LogP contribution in [-0.2, 0) is 18.2 Å². The van der Waals surface area contributed by atoms with Crippen molar-refractivity contribution in [3.63, 3.8) is 0 Å². The molecule has 1 fully saturated rings. The molecule has 0 saturated heterocycles.